The highest BCUT2D eigenvalue weighted by molar-refractivity contribution is 5.98. The Bertz CT molecular complexity index is 856. The normalized spacial score (nSPS) is 19.0. The summed E-state index contributed by atoms with van der Waals surface area (Å²) in [6, 6.07) is 15.5. The maximum atomic E-state index is 13.1. The van der Waals surface area contributed by atoms with E-state index in [2.05, 4.69) is 0 Å². The van der Waals surface area contributed by atoms with Crippen LogP contribution in [0.1, 0.15) is 30.4 Å². The van der Waals surface area contributed by atoms with Crippen molar-refractivity contribution in [1.82, 2.24) is 4.90 Å². The molecule has 28 heavy (non-hydrogen) atoms. The van der Waals surface area contributed by atoms with E-state index in [0.717, 1.165) is 37.2 Å². The van der Waals surface area contributed by atoms with Crippen LogP contribution in [0.5, 0.6) is 5.75 Å². The number of likely N-dealkylation sites (tertiary alicyclic amines) is 1. The molecule has 146 valence electrons. The molecule has 2 aromatic carbocycles. The Hall–Kier alpha value is -2.82. The van der Waals surface area contributed by atoms with E-state index in [9.17, 15) is 9.59 Å². The van der Waals surface area contributed by atoms with Crippen LogP contribution in [0.15, 0.2) is 48.5 Å². The summed E-state index contributed by atoms with van der Waals surface area (Å²) in [5.41, 5.74) is 2.88. The number of aryl methyl sites for hydroxylation is 1. The monoisotopic (exact) mass is 378 g/mol. The van der Waals surface area contributed by atoms with Crippen LogP contribution in [0.2, 0.25) is 0 Å². The molecule has 0 radical (unpaired) electrons. The van der Waals surface area contributed by atoms with E-state index in [1.54, 1.807) is 4.90 Å². The highest BCUT2D eigenvalue weighted by atomic mass is 16.5. The van der Waals surface area contributed by atoms with Gasteiger partial charge in [0.1, 0.15) is 5.75 Å². The van der Waals surface area contributed by atoms with Crippen LogP contribution in [-0.2, 0) is 16.0 Å². The third kappa shape index (κ3) is 3.88. The van der Waals surface area contributed by atoms with E-state index < -0.39 is 6.10 Å². The van der Waals surface area contributed by atoms with Crippen molar-refractivity contribution in [3.63, 3.8) is 0 Å². The lowest BCUT2D eigenvalue weighted by Crippen LogP contribution is -2.53. The molecule has 2 aliphatic heterocycles. The van der Waals surface area contributed by atoms with Gasteiger partial charge in [0.2, 0.25) is 5.91 Å². The Kier molecular flexibility index (Phi) is 5.33. The molecule has 2 heterocycles. The van der Waals surface area contributed by atoms with E-state index in [1.807, 2.05) is 60.4 Å². The average molecular weight is 378 g/mol. The van der Waals surface area contributed by atoms with E-state index in [4.69, 9.17) is 4.74 Å². The van der Waals surface area contributed by atoms with E-state index in [1.165, 1.54) is 12.0 Å². The van der Waals surface area contributed by atoms with Crippen LogP contribution in [-0.4, -0.2) is 42.5 Å². The largest absolute Gasteiger partial charge is 0.476 e. The third-order valence-electron chi connectivity index (χ3n) is 5.49. The number of carbonyl (C=O) groups excluding carboxylic acids is 2. The van der Waals surface area contributed by atoms with Crippen molar-refractivity contribution in [3.8, 4) is 5.75 Å². The predicted octanol–water partition coefficient (Wildman–Crippen LogP) is 3.34. The maximum Gasteiger partial charge on any atom is 0.265 e. The van der Waals surface area contributed by atoms with Crippen molar-refractivity contribution in [3.05, 3.63) is 59.7 Å². The number of amides is 2. The molecule has 5 heteroatoms. The van der Waals surface area contributed by atoms with Gasteiger partial charge in [0.05, 0.1) is 18.7 Å². The van der Waals surface area contributed by atoms with Gasteiger partial charge in [-0.2, -0.15) is 0 Å². The summed E-state index contributed by atoms with van der Waals surface area (Å²) < 4.78 is 6.01. The first-order valence-corrected chi connectivity index (χ1v) is 10.0. The summed E-state index contributed by atoms with van der Waals surface area (Å²) in [5.74, 6) is 0.569. The first kappa shape index (κ1) is 18.5. The molecule has 2 amide bonds. The van der Waals surface area contributed by atoms with Crippen molar-refractivity contribution in [2.75, 3.05) is 24.5 Å². The van der Waals surface area contributed by atoms with Gasteiger partial charge in [-0.15, -0.1) is 0 Å². The van der Waals surface area contributed by atoms with Gasteiger partial charge in [-0.1, -0.05) is 42.0 Å². The van der Waals surface area contributed by atoms with E-state index in [0.29, 0.717) is 12.2 Å². The quantitative estimate of drug-likeness (QED) is 0.823. The Labute approximate surface area is 165 Å². The molecule has 0 aliphatic carbocycles. The number of anilines is 1. The number of ether oxygens (including phenoxy) is 1. The summed E-state index contributed by atoms with van der Waals surface area (Å²) >= 11 is 0. The van der Waals surface area contributed by atoms with Crippen molar-refractivity contribution >= 4 is 17.5 Å². The predicted molar refractivity (Wildman–Crippen MR) is 109 cm³/mol. The summed E-state index contributed by atoms with van der Waals surface area (Å²) in [5, 5.41) is 0. The van der Waals surface area contributed by atoms with Gasteiger partial charge in [-0.3, -0.25) is 9.59 Å². The Morgan fingerprint density at radius 1 is 1.00 bits per heavy atom. The standard InChI is InChI=1S/C23H26N2O3/c1-17-9-11-18(12-10-17)15-22(26)25-16-21(23(27)24-13-5-2-6-14-24)28-20-8-4-3-7-19(20)25/h3-4,7-12,21H,2,5-6,13-16H2,1H3/t21-/m1/s1. The van der Waals surface area contributed by atoms with Crippen LogP contribution < -0.4 is 9.64 Å². The van der Waals surface area contributed by atoms with Gasteiger partial charge < -0.3 is 14.5 Å². The van der Waals surface area contributed by atoms with Gasteiger partial charge >= 0.3 is 0 Å². The molecule has 1 fully saturated rings. The number of fused-ring (bicyclic) bond motifs is 1. The molecular weight excluding hydrogens is 352 g/mol. The number of rotatable bonds is 3. The summed E-state index contributed by atoms with van der Waals surface area (Å²) in [6.45, 7) is 3.84. The molecule has 0 saturated carbocycles. The highest BCUT2D eigenvalue weighted by Gasteiger charge is 2.36. The fourth-order valence-corrected chi connectivity index (χ4v) is 3.89. The SMILES string of the molecule is Cc1ccc(CC(=O)N2C[C@H](C(=O)N3CCCCC3)Oc3ccccc32)cc1. The van der Waals surface area contributed by atoms with Gasteiger partial charge in [0.25, 0.3) is 5.91 Å². The molecule has 2 aromatic rings. The number of hydrogen-bond donors (Lipinski definition) is 0. The molecule has 0 aromatic heterocycles. The average Bonchev–Trinajstić information content (AvgIpc) is 2.74. The molecule has 0 unspecified atom stereocenters. The number of nitrogens with zero attached hydrogens (tertiary/aromatic N) is 2. The number of hydrogen-bond acceptors (Lipinski definition) is 3. The lowest BCUT2D eigenvalue weighted by Gasteiger charge is -2.37. The minimum absolute atomic E-state index is 0.0117. The van der Waals surface area contributed by atoms with Crippen LogP contribution in [0, 0.1) is 6.92 Å². The molecule has 2 aliphatic rings. The number of carbonyl (C=O) groups is 2. The lowest BCUT2D eigenvalue weighted by atomic mass is 10.1. The molecule has 1 atom stereocenters. The van der Waals surface area contributed by atoms with Crippen molar-refractivity contribution in [1.29, 1.82) is 0 Å². The Balaban J connectivity index is 1.55. The maximum absolute atomic E-state index is 13.1. The minimum atomic E-state index is -0.644. The summed E-state index contributed by atoms with van der Waals surface area (Å²) in [6.07, 6.45) is 2.89. The molecule has 5 nitrogen and oxygen atoms in total. The summed E-state index contributed by atoms with van der Waals surface area (Å²) in [7, 11) is 0. The van der Waals surface area contributed by atoms with Crippen LogP contribution >= 0.6 is 0 Å². The second-order valence-corrected chi connectivity index (χ2v) is 7.63. The second kappa shape index (κ2) is 8.05. The van der Waals surface area contributed by atoms with Crippen molar-refractivity contribution in [2.24, 2.45) is 0 Å². The molecule has 1 saturated heterocycles. The fourth-order valence-electron chi connectivity index (χ4n) is 3.89. The number of benzene rings is 2. The van der Waals surface area contributed by atoms with Gasteiger partial charge in [0, 0.05) is 13.1 Å². The minimum Gasteiger partial charge on any atom is -0.476 e. The molecule has 0 N–H and O–H groups in total. The zero-order valence-corrected chi connectivity index (χ0v) is 16.3. The topological polar surface area (TPSA) is 49.9 Å². The zero-order chi connectivity index (χ0) is 19.5. The molecular formula is C23H26N2O3. The van der Waals surface area contributed by atoms with Gasteiger partial charge in [-0.25, -0.2) is 0 Å². The van der Waals surface area contributed by atoms with Crippen molar-refractivity contribution in [2.45, 2.75) is 38.7 Å². The fraction of sp³-hybridized carbons (Fsp3) is 0.391. The van der Waals surface area contributed by atoms with Crippen LogP contribution in [0.25, 0.3) is 0 Å². The Morgan fingerprint density at radius 2 is 1.71 bits per heavy atom. The number of para-hydroxylation sites is 2. The van der Waals surface area contributed by atoms with Crippen molar-refractivity contribution < 1.29 is 14.3 Å². The number of piperidine rings is 1. The third-order valence-corrected chi connectivity index (χ3v) is 5.49. The van der Waals surface area contributed by atoms with Gasteiger partial charge in [-0.05, 0) is 43.9 Å². The molecule has 4 rings (SSSR count). The van der Waals surface area contributed by atoms with E-state index >= 15 is 0 Å². The van der Waals surface area contributed by atoms with Crippen LogP contribution in [0.3, 0.4) is 0 Å². The molecule has 0 spiro atoms. The lowest BCUT2D eigenvalue weighted by molar-refractivity contribution is -0.139. The molecule has 0 bridgehead atoms. The zero-order valence-electron chi connectivity index (χ0n) is 16.3. The summed E-state index contributed by atoms with van der Waals surface area (Å²) in [4.78, 5) is 29.7. The van der Waals surface area contributed by atoms with E-state index in [-0.39, 0.29) is 18.4 Å². The highest BCUT2D eigenvalue weighted by Crippen LogP contribution is 2.34. The van der Waals surface area contributed by atoms with Crippen LogP contribution in [0.4, 0.5) is 5.69 Å². The first-order valence-electron chi connectivity index (χ1n) is 10.0. The Morgan fingerprint density at radius 3 is 2.46 bits per heavy atom. The van der Waals surface area contributed by atoms with Gasteiger partial charge in [0.15, 0.2) is 6.10 Å². The second-order valence-electron chi connectivity index (χ2n) is 7.63. The smallest absolute Gasteiger partial charge is 0.265 e. The first-order chi connectivity index (χ1) is 13.6.